The van der Waals surface area contributed by atoms with Crippen LogP contribution in [0.2, 0.25) is 0 Å². The summed E-state index contributed by atoms with van der Waals surface area (Å²) < 4.78 is 0.590. The Morgan fingerprint density at radius 1 is 0.957 bits per heavy atom. The highest BCUT2D eigenvalue weighted by Gasteiger charge is 2.34. The van der Waals surface area contributed by atoms with E-state index in [0.717, 1.165) is 27.9 Å². The first-order valence-corrected chi connectivity index (χ1v) is 8.61. The Morgan fingerprint density at radius 3 is 2.22 bits per heavy atom. The lowest BCUT2D eigenvalue weighted by Crippen LogP contribution is -2.29. The second-order valence-corrected chi connectivity index (χ2v) is 7.29. The number of benzene rings is 2. The number of hydrogen-bond acceptors (Lipinski definition) is 3. The SMILES string of the molecule is Cc1ccccc1/C=C1\SC(=S)N(c2c(C)cccc2C)C1=O. The van der Waals surface area contributed by atoms with E-state index in [-0.39, 0.29) is 5.91 Å². The van der Waals surface area contributed by atoms with Crippen LogP contribution in [-0.2, 0) is 4.79 Å². The zero-order valence-electron chi connectivity index (χ0n) is 13.3. The zero-order valence-corrected chi connectivity index (χ0v) is 14.9. The van der Waals surface area contributed by atoms with Crippen molar-refractivity contribution in [3.05, 3.63) is 69.6 Å². The Hall–Kier alpha value is -1.91. The summed E-state index contributed by atoms with van der Waals surface area (Å²) in [6, 6.07) is 14.0. The number of amides is 1. The van der Waals surface area contributed by atoms with Crippen LogP contribution >= 0.6 is 24.0 Å². The molecule has 3 rings (SSSR count). The van der Waals surface area contributed by atoms with Gasteiger partial charge in [0.05, 0.1) is 10.6 Å². The molecule has 23 heavy (non-hydrogen) atoms. The van der Waals surface area contributed by atoms with Crippen LogP contribution in [0.1, 0.15) is 22.3 Å². The number of anilines is 1. The van der Waals surface area contributed by atoms with Crippen molar-refractivity contribution in [2.75, 3.05) is 4.90 Å². The fraction of sp³-hybridized carbons (Fsp3) is 0.158. The van der Waals surface area contributed by atoms with Gasteiger partial charge in [0, 0.05) is 0 Å². The molecule has 1 amide bonds. The van der Waals surface area contributed by atoms with Crippen molar-refractivity contribution in [2.45, 2.75) is 20.8 Å². The van der Waals surface area contributed by atoms with Crippen molar-refractivity contribution in [1.29, 1.82) is 0 Å². The molecule has 0 spiro atoms. The molecule has 116 valence electrons. The van der Waals surface area contributed by atoms with E-state index in [1.165, 1.54) is 11.8 Å². The van der Waals surface area contributed by atoms with Gasteiger partial charge in [0.15, 0.2) is 4.32 Å². The van der Waals surface area contributed by atoms with Crippen LogP contribution in [0.15, 0.2) is 47.4 Å². The second kappa shape index (κ2) is 6.30. The molecule has 0 N–H and O–H groups in total. The molecule has 2 aromatic rings. The minimum atomic E-state index is -0.0411. The molecule has 0 unspecified atom stereocenters. The molecule has 0 saturated carbocycles. The minimum Gasteiger partial charge on any atom is -0.268 e. The van der Waals surface area contributed by atoms with Gasteiger partial charge in [-0.05, 0) is 49.1 Å². The molecule has 1 heterocycles. The summed E-state index contributed by atoms with van der Waals surface area (Å²) in [6.45, 7) is 6.05. The van der Waals surface area contributed by atoms with E-state index in [1.807, 2.05) is 69.3 Å². The standard InChI is InChI=1S/C19H17NOS2/c1-12-7-4-5-10-15(12)11-16-18(21)20(19(22)23-16)17-13(2)8-6-9-14(17)3/h4-11H,1-3H3/b16-11-. The lowest BCUT2D eigenvalue weighted by Gasteiger charge is -2.19. The smallest absolute Gasteiger partial charge is 0.268 e. The largest absolute Gasteiger partial charge is 0.270 e. The molecule has 0 radical (unpaired) electrons. The molecule has 1 saturated heterocycles. The lowest BCUT2D eigenvalue weighted by molar-refractivity contribution is -0.113. The summed E-state index contributed by atoms with van der Waals surface area (Å²) in [6.07, 6.45) is 1.93. The van der Waals surface area contributed by atoms with E-state index in [4.69, 9.17) is 12.2 Å². The highest BCUT2D eigenvalue weighted by molar-refractivity contribution is 8.27. The lowest BCUT2D eigenvalue weighted by atomic mass is 10.1. The Balaban J connectivity index is 2.03. The molecule has 0 aromatic heterocycles. The highest BCUT2D eigenvalue weighted by atomic mass is 32.2. The van der Waals surface area contributed by atoms with Gasteiger partial charge in [0.25, 0.3) is 5.91 Å². The highest BCUT2D eigenvalue weighted by Crippen LogP contribution is 2.38. The molecule has 0 aliphatic carbocycles. The molecule has 0 atom stereocenters. The van der Waals surface area contributed by atoms with Gasteiger partial charge in [-0.15, -0.1) is 0 Å². The summed E-state index contributed by atoms with van der Waals surface area (Å²) in [7, 11) is 0. The van der Waals surface area contributed by atoms with Gasteiger partial charge in [-0.1, -0.05) is 66.4 Å². The summed E-state index contributed by atoms with van der Waals surface area (Å²) in [5.74, 6) is -0.0411. The number of rotatable bonds is 2. The van der Waals surface area contributed by atoms with Gasteiger partial charge in [0.1, 0.15) is 0 Å². The third-order valence-corrected chi connectivity index (χ3v) is 5.23. The maximum atomic E-state index is 12.9. The Bertz CT molecular complexity index is 819. The van der Waals surface area contributed by atoms with E-state index < -0.39 is 0 Å². The van der Waals surface area contributed by atoms with Crippen molar-refractivity contribution >= 4 is 46.0 Å². The maximum Gasteiger partial charge on any atom is 0.270 e. The van der Waals surface area contributed by atoms with E-state index in [2.05, 4.69) is 0 Å². The average molecular weight is 339 g/mol. The third-order valence-electron chi connectivity index (χ3n) is 3.93. The normalized spacial score (nSPS) is 16.5. The van der Waals surface area contributed by atoms with Crippen LogP contribution in [0.5, 0.6) is 0 Å². The number of nitrogens with zero attached hydrogens (tertiary/aromatic N) is 1. The molecule has 1 fully saturated rings. The van der Waals surface area contributed by atoms with Crippen LogP contribution in [0.4, 0.5) is 5.69 Å². The Labute approximate surface area is 146 Å². The molecular formula is C19H17NOS2. The number of carbonyl (C=O) groups is 1. The van der Waals surface area contributed by atoms with E-state index >= 15 is 0 Å². The van der Waals surface area contributed by atoms with Crippen LogP contribution in [0.25, 0.3) is 6.08 Å². The molecule has 0 bridgehead atoms. The van der Waals surface area contributed by atoms with Crippen molar-refractivity contribution in [1.82, 2.24) is 0 Å². The summed E-state index contributed by atoms with van der Waals surface area (Å²) in [5.41, 5.74) is 5.21. The van der Waals surface area contributed by atoms with Gasteiger partial charge >= 0.3 is 0 Å². The second-order valence-electron chi connectivity index (χ2n) is 5.61. The van der Waals surface area contributed by atoms with E-state index in [1.54, 1.807) is 4.90 Å². The number of hydrogen-bond donors (Lipinski definition) is 0. The van der Waals surface area contributed by atoms with Crippen molar-refractivity contribution in [2.24, 2.45) is 0 Å². The fourth-order valence-electron chi connectivity index (χ4n) is 2.71. The Morgan fingerprint density at radius 2 is 1.57 bits per heavy atom. The summed E-state index contributed by atoms with van der Waals surface area (Å²) in [5, 5.41) is 0. The average Bonchev–Trinajstić information content (AvgIpc) is 2.77. The van der Waals surface area contributed by atoms with Gasteiger partial charge < -0.3 is 0 Å². The van der Waals surface area contributed by atoms with Crippen molar-refractivity contribution < 1.29 is 4.79 Å². The van der Waals surface area contributed by atoms with E-state index in [0.29, 0.717) is 9.23 Å². The first-order valence-electron chi connectivity index (χ1n) is 7.39. The van der Waals surface area contributed by atoms with Crippen molar-refractivity contribution in [3.8, 4) is 0 Å². The number of aryl methyl sites for hydroxylation is 3. The van der Waals surface area contributed by atoms with Gasteiger partial charge in [-0.2, -0.15) is 0 Å². The summed E-state index contributed by atoms with van der Waals surface area (Å²) >= 11 is 6.84. The minimum absolute atomic E-state index is 0.0411. The number of thiocarbonyl (C=S) groups is 1. The molecular weight excluding hydrogens is 322 g/mol. The molecule has 2 aromatic carbocycles. The summed E-state index contributed by atoms with van der Waals surface area (Å²) in [4.78, 5) is 15.2. The zero-order chi connectivity index (χ0) is 16.6. The predicted molar refractivity (Wildman–Crippen MR) is 103 cm³/mol. The first kappa shape index (κ1) is 16.0. The maximum absolute atomic E-state index is 12.9. The monoisotopic (exact) mass is 339 g/mol. The van der Waals surface area contributed by atoms with Crippen molar-refractivity contribution in [3.63, 3.8) is 0 Å². The molecule has 2 nitrogen and oxygen atoms in total. The molecule has 1 aliphatic heterocycles. The van der Waals surface area contributed by atoms with Crippen LogP contribution in [0, 0.1) is 20.8 Å². The topological polar surface area (TPSA) is 20.3 Å². The van der Waals surface area contributed by atoms with Crippen LogP contribution in [0.3, 0.4) is 0 Å². The van der Waals surface area contributed by atoms with E-state index in [9.17, 15) is 4.79 Å². The van der Waals surface area contributed by atoms with Crippen LogP contribution < -0.4 is 4.90 Å². The third kappa shape index (κ3) is 2.96. The van der Waals surface area contributed by atoms with Crippen LogP contribution in [-0.4, -0.2) is 10.2 Å². The molecule has 1 aliphatic rings. The number of para-hydroxylation sites is 1. The molecule has 4 heteroatoms. The number of thioether (sulfide) groups is 1. The van der Waals surface area contributed by atoms with Gasteiger partial charge in [0.2, 0.25) is 0 Å². The fourth-order valence-corrected chi connectivity index (χ4v) is 3.97. The van der Waals surface area contributed by atoms with Gasteiger partial charge in [-0.3, -0.25) is 9.69 Å². The number of carbonyl (C=O) groups excluding carboxylic acids is 1. The quantitative estimate of drug-likeness (QED) is 0.566. The first-order chi connectivity index (χ1) is 11.0. The predicted octanol–water partition coefficient (Wildman–Crippen LogP) is 5.02. The van der Waals surface area contributed by atoms with Gasteiger partial charge in [-0.25, -0.2) is 0 Å². The Kier molecular flexibility index (Phi) is 4.37.